The van der Waals surface area contributed by atoms with E-state index in [1.54, 1.807) is 26.1 Å². The number of likely N-dealkylation sites (N-methyl/N-ethyl adjacent to an activating group) is 1. The highest BCUT2D eigenvalue weighted by Gasteiger charge is 2.19. The van der Waals surface area contributed by atoms with Crippen LogP contribution in [-0.2, 0) is 11.2 Å². The quantitative estimate of drug-likeness (QED) is 0.269. The third-order valence-electron chi connectivity index (χ3n) is 5.49. The summed E-state index contributed by atoms with van der Waals surface area (Å²) in [7, 11) is 5.19. The normalized spacial score (nSPS) is 15.2. The van der Waals surface area contributed by atoms with Crippen LogP contribution in [0.3, 0.4) is 0 Å². The molecular weight excluding hydrogens is 505 g/mol. The molecule has 0 unspecified atom stereocenters. The van der Waals surface area contributed by atoms with Crippen molar-refractivity contribution in [1.82, 2.24) is 20.4 Å². The molecule has 1 saturated heterocycles. The van der Waals surface area contributed by atoms with Crippen LogP contribution in [0.25, 0.3) is 0 Å². The molecule has 0 aromatic heterocycles. The molecule has 176 valence electrons. The number of nitrogens with one attached hydrogen (secondary N) is 2. The number of rotatable bonds is 10. The summed E-state index contributed by atoms with van der Waals surface area (Å²) in [5.74, 6) is 1.59. The second-order valence-electron chi connectivity index (χ2n) is 8.09. The van der Waals surface area contributed by atoms with Crippen molar-refractivity contribution in [3.63, 3.8) is 0 Å². The lowest BCUT2D eigenvalue weighted by molar-refractivity contribution is -0.127. The van der Waals surface area contributed by atoms with Crippen molar-refractivity contribution in [3.8, 4) is 5.75 Å². The van der Waals surface area contributed by atoms with Gasteiger partial charge in [0.15, 0.2) is 5.96 Å². The minimum atomic E-state index is 0. The molecule has 1 amide bonds. The summed E-state index contributed by atoms with van der Waals surface area (Å²) in [5.41, 5.74) is 1.23. The molecule has 1 fully saturated rings. The van der Waals surface area contributed by atoms with E-state index in [-0.39, 0.29) is 36.4 Å². The molecule has 2 rings (SSSR count). The highest BCUT2D eigenvalue weighted by atomic mass is 127. The van der Waals surface area contributed by atoms with Crippen molar-refractivity contribution >= 4 is 35.8 Å². The van der Waals surface area contributed by atoms with Crippen molar-refractivity contribution in [2.75, 3.05) is 53.9 Å². The van der Waals surface area contributed by atoms with Crippen LogP contribution >= 0.6 is 24.0 Å². The first-order chi connectivity index (χ1) is 14.5. The maximum Gasteiger partial charge on any atom is 0.243 e. The largest absolute Gasteiger partial charge is 0.497 e. The van der Waals surface area contributed by atoms with E-state index in [1.165, 1.54) is 24.9 Å². The van der Waals surface area contributed by atoms with Gasteiger partial charge < -0.3 is 25.2 Å². The first kappa shape index (κ1) is 27.5. The van der Waals surface area contributed by atoms with E-state index in [1.807, 2.05) is 12.1 Å². The Balaban J connectivity index is 0.00000480. The van der Waals surface area contributed by atoms with Gasteiger partial charge >= 0.3 is 0 Å². The van der Waals surface area contributed by atoms with Gasteiger partial charge in [-0.25, -0.2) is 4.99 Å². The van der Waals surface area contributed by atoms with Gasteiger partial charge in [0.2, 0.25) is 5.91 Å². The Morgan fingerprint density at radius 3 is 2.48 bits per heavy atom. The van der Waals surface area contributed by atoms with E-state index in [0.717, 1.165) is 50.6 Å². The summed E-state index contributed by atoms with van der Waals surface area (Å²) < 4.78 is 5.22. The zero-order valence-corrected chi connectivity index (χ0v) is 21.9. The van der Waals surface area contributed by atoms with Gasteiger partial charge in [-0.3, -0.25) is 4.79 Å². The molecule has 0 bridgehead atoms. The third-order valence-corrected chi connectivity index (χ3v) is 5.49. The van der Waals surface area contributed by atoms with Gasteiger partial charge in [-0.05, 0) is 49.9 Å². The lowest BCUT2D eigenvalue weighted by atomic mass is 10.0. The number of aliphatic imine (C=N–C) groups is 1. The van der Waals surface area contributed by atoms with Gasteiger partial charge in [-0.15, -0.1) is 24.0 Å². The fourth-order valence-electron chi connectivity index (χ4n) is 3.43. The number of unbranched alkanes of at least 4 members (excludes halogenated alkanes) is 1. The Morgan fingerprint density at radius 2 is 1.90 bits per heavy atom. The molecule has 0 radical (unpaired) electrons. The molecule has 0 spiro atoms. The number of amides is 1. The molecule has 31 heavy (non-hydrogen) atoms. The first-order valence-corrected chi connectivity index (χ1v) is 11.1. The van der Waals surface area contributed by atoms with E-state index >= 15 is 0 Å². The Morgan fingerprint density at radius 1 is 1.23 bits per heavy atom. The van der Waals surface area contributed by atoms with Gasteiger partial charge in [-0.1, -0.05) is 25.5 Å². The molecule has 2 N–H and O–H groups in total. The van der Waals surface area contributed by atoms with Crippen molar-refractivity contribution in [1.29, 1.82) is 0 Å². The van der Waals surface area contributed by atoms with Crippen LogP contribution in [-0.4, -0.2) is 81.6 Å². The number of ether oxygens (including phenoxy) is 1. The number of guanidine groups is 1. The fraction of sp³-hybridized carbons (Fsp3) is 0.652. The van der Waals surface area contributed by atoms with Gasteiger partial charge in [0.25, 0.3) is 0 Å². The van der Waals surface area contributed by atoms with Crippen LogP contribution in [0.1, 0.15) is 38.2 Å². The van der Waals surface area contributed by atoms with Gasteiger partial charge in [0, 0.05) is 39.8 Å². The summed E-state index contributed by atoms with van der Waals surface area (Å²) in [6.45, 7) is 6.58. The molecule has 7 nitrogen and oxygen atoms in total. The molecule has 1 aliphatic heterocycles. The maximum atomic E-state index is 12.0. The molecule has 1 aromatic rings. The lowest BCUT2D eigenvalue weighted by Crippen LogP contribution is -2.49. The second-order valence-corrected chi connectivity index (χ2v) is 8.09. The Labute approximate surface area is 205 Å². The number of likely N-dealkylation sites (tertiary alicyclic amines) is 1. The van der Waals surface area contributed by atoms with Gasteiger partial charge in [-0.2, -0.15) is 0 Å². The number of nitrogens with zero attached hydrogens (tertiary/aromatic N) is 3. The summed E-state index contributed by atoms with van der Waals surface area (Å²) in [6, 6.07) is 8.50. The van der Waals surface area contributed by atoms with Crippen LogP contribution < -0.4 is 15.4 Å². The van der Waals surface area contributed by atoms with E-state index in [4.69, 9.17) is 4.74 Å². The second kappa shape index (κ2) is 15.3. The third kappa shape index (κ3) is 10.5. The van der Waals surface area contributed by atoms with E-state index in [2.05, 4.69) is 39.6 Å². The smallest absolute Gasteiger partial charge is 0.243 e. The van der Waals surface area contributed by atoms with E-state index < -0.39 is 0 Å². The van der Waals surface area contributed by atoms with Crippen molar-refractivity contribution in [2.45, 2.75) is 45.1 Å². The molecule has 0 atom stereocenters. The predicted octanol–water partition coefficient (Wildman–Crippen LogP) is 2.74. The lowest BCUT2D eigenvalue weighted by Gasteiger charge is -2.33. The average Bonchev–Trinajstić information content (AvgIpc) is 2.77. The van der Waals surface area contributed by atoms with Crippen LogP contribution in [0, 0.1) is 0 Å². The number of hydrogen-bond acceptors (Lipinski definition) is 4. The summed E-state index contributed by atoms with van der Waals surface area (Å²) in [6.07, 6.45) is 5.59. The standard InChI is InChI=1S/C23H39N5O2.HI/c1-5-6-15-28-16-12-20(13-17-28)26-23(25-18-22(29)27(2)3)24-14-11-19-7-9-21(30-4)10-8-19;/h7-10,20H,5-6,11-18H2,1-4H3,(H2,24,25,26);1H. The summed E-state index contributed by atoms with van der Waals surface area (Å²) >= 11 is 0. The SMILES string of the molecule is CCCCN1CCC(NC(=NCC(=O)N(C)C)NCCc2ccc(OC)cc2)CC1.I. The number of piperidine rings is 1. The summed E-state index contributed by atoms with van der Waals surface area (Å²) in [4.78, 5) is 20.6. The predicted molar refractivity (Wildman–Crippen MR) is 139 cm³/mol. The molecule has 1 aliphatic rings. The van der Waals surface area contributed by atoms with Crippen LogP contribution in [0.2, 0.25) is 0 Å². The maximum absolute atomic E-state index is 12.0. The highest BCUT2D eigenvalue weighted by molar-refractivity contribution is 14.0. The molecule has 0 aliphatic carbocycles. The number of carbonyl (C=O) groups is 1. The highest BCUT2D eigenvalue weighted by Crippen LogP contribution is 2.12. The van der Waals surface area contributed by atoms with Gasteiger partial charge in [0.1, 0.15) is 12.3 Å². The molecule has 0 saturated carbocycles. The van der Waals surface area contributed by atoms with E-state index in [0.29, 0.717) is 6.04 Å². The number of benzene rings is 1. The van der Waals surface area contributed by atoms with Crippen LogP contribution in [0.5, 0.6) is 5.75 Å². The summed E-state index contributed by atoms with van der Waals surface area (Å²) in [5, 5.41) is 6.96. The zero-order valence-electron chi connectivity index (χ0n) is 19.5. The number of methoxy groups -OCH3 is 1. The van der Waals surface area contributed by atoms with Crippen molar-refractivity contribution in [2.24, 2.45) is 4.99 Å². The van der Waals surface area contributed by atoms with Crippen molar-refractivity contribution in [3.05, 3.63) is 29.8 Å². The first-order valence-electron chi connectivity index (χ1n) is 11.1. The fourth-order valence-corrected chi connectivity index (χ4v) is 3.43. The monoisotopic (exact) mass is 545 g/mol. The number of hydrogen-bond donors (Lipinski definition) is 2. The minimum Gasteiger partial charge on any atom is -0.497 e. The number of carbonyl (C=O) groups excluding carboxylic acids is 1. The Hall–Kier alpha value is -1.55. The average molecular weight is 546 g/mol. The topological polar surface area (TPSA) is 69.2 Å². The molecule has 8 heteroatoms. The van der Waals surface area contributed by atoms with E-state index in [9.17, 15) is 4.79 Å². The molecule has 1 heterocycles. The minimum absolute atomic E-state index is 0. The Bertz CT molecular complexity index is 658. The van der Waals surface area contributed by atoms with Crippen LogP contribution in [0.15, 0.2) is 29.3 Å². The molecule has 1 aromatic carbocycles. The van der Waals surface area contributed by atoms with Crippen LogP contribution in [0.4, 0.5) is 0 Å². The Kier molecular flexibility index (Phi) is 13.6. The number of halogens is 1. The zero-order chi connectivity index (χ0) is 21.8. The van der Waals surface area contributed by atoms with Crippen molar-refractivity contribution < 1.29 is 9.53 Å². The molecular formula is C23H40IN5O2. The van der Waals surface area contributed by atoms with Gasteiger partial charge in [0.05, 0.1) is 7.11 Å².